The highest BCUT2D eigenvalue weighted by molar-refractivity contribution is 6.30. The van der Waals surface area contributed by atoms with Crippen LogP contribution in [0.1, 0.15) is 18.4 Å². The number of carbonyl (C=O) groups excluding carboxylic acids is 2. The molecule has 2 aromatic rings. The van der Waals surface area contributed by atoms with Gasteiger partial charge in [0.05, 0.1) is 5.02 Å². The fraction of sp³-hybridized carbons (Fsp3) is 0.273. The van der Waals surface area contributed by atoms with Crippen LogP contribution in [-0.2, 0) is 16.0 Å². The zero-order valence-electron chi connectivity index (χ0n) is 16.6. The molecule has 0 bridgehead atoms. The van der Waals surface area contributed by atoms with E-state index in [4.69, 9.17) is 21.1 Å². The first kappa shape index (κ1) is 22.6. The Morgan fingerprint density at radius 1 is 1.23 bits per heavy atom. The predicted octanol–water partition coefficient (Wildman–Crippen LogP) is 3.53. The van der Waals surface area contributed by atoms with Gasteiger partial charge in [0.25, 0.3) is 11.8 Å². The van der Waals surface area contributed by atoms with Crippen LogP contribution in [0.3, 0.4) is 0 Å². The van der Waals surface area contributed by atoms with Gasteiger partial charge >= 0.3 is 0 Å². The fourth-order valence-electron chi connectivity index (χ4n) is 3.00. The summed E-state index contributed by atoms with van der Waals surface area (Å²) in [6.07, 6.45) is 0.643. The highest BCUT2D eigenvalue weighted by atomic mass is 35.5. The van der Waals surface area contributed by atoms with E-state index in [9.17, 15) is 18.4 Å². The van der Waals surface area contributed by atoms with Gasteiger partial charge in [0.2, 0.25) is 0 Å². The van der Waals surface area contributed by atoms with Gasteiger partial charge in [-0.1, -0.05) is 18.2 Å². The van der Waals surface area contributed by atoms with Crippen molar-refractivity contribution >= 4 is 23.4 Å². The highest BCUT2D eigenvalue weighted by Gasteiger charge is 2.26. The molecule has 0 aliphatic carbocycles. The number of nitrogens with one attached hydrogen (secondary N) is 2. The Hall–Kier alpha value is -3.13. The van der Waals surface area contributed by atoms with Gasteiger partial charge in [-0.05, 0) is 48.7 Å². The van der Waals surface area contributed by atoms with Crippen molar-refractivity contribution in [1.29, 1.82) is 0 Å². The van der Waals surface area contributed by atoms with Gasteiger partial charge < -0.3 is 20.1 Å². The fourth-order valence-corrected chi connectivity index (χ4v) is 3.12. The average molecular weight is 451 g/mol. The molecule has 1 heterocycles. The molecule has 0 saturated carbocycles. The predicted molar refractivity (Wildman–Crippen MR) is 111 cm³/mol. The Morgan fingerprint density at radius 3 is 2.81 bits per heavy atom. The maximum absolute atomic E-state index is 13.4. The summed E-state index contributed by atoms with van der Waals surface area (Å²) in [6, 6.07) is 8.08. The summed E-state index contributed by atoms with van der Waals surface area (Å²) >= 11 is 5.59. The SMILES string of the molecule is C=C(CCNC(=O)[C@@H]1CCc2cc(F)ccc2O1)NC(=O)COc1ccc(Cl)c(F)c1. The molecule has 0 saturated heterocycles. The van der Waals surface area contributed by atoms with E-state index in [1.165, 1.54) is 30.3 Å². The van der Waals surface area contributed by atoms with Crippen LogP contribution in [-0.4, -0.2) is 31.1 Å². The maximum atomic E-state index is 13.4. The van der Waals surface area contributed by atoms with Gasteiger partial charge in [0.1, 0.15) is 23.1 Å². The van der Waals surface area contributed by atoms with E-state index < -0.39 is 17.8 Å². The summed E-state index contributed by atoms with van der Waals surface area (Å²) < 4.78 is 37.4. The second-order valence-electron chi connectivity index (χ2n) is 6.95. The third-order valence-corrected chi connectivity index (χ3v) is 4.87. The number of benzene rings is 2. The first-order valence-corrected chi connectivity index (χ1v) is 9.98. The summed E-state index contributed by atoms with van der Waals surface area (Å²) in [7, 11) is 0. The molecule has 2 N–H and O–H groups in total. The van der Waals surface area contributed by atoms with E-state index in [0.29, 0.717) is 30.7 Å². The summed E-state index contributed by atoms with van der Waals surface area (Å²) in [4.78, 5) is 24.2. The lowest BCUT2D eigenvalue weighted by Crippen LogP contribution is -2.41. The molecule has 1 aliphatic heterocycles. The molecule has 6 nitrogen and oxygen atoms in total. The average Bonchev–Trinajstić information content (AvgIpc) is 2.74. The van der Waals surface area contributed by atoms with E-state index >= 15 is 0 Å². The number of carbonyl (C=O) groups is 2. The first-order valence-electron chi connectivity index (χ1n) is 9.60. The number of amides is 2. The second kappa shape index (κ2) is 10.3. The minimum absolute atomic E-state index is 0.0380. The lowest BCUT2D eigenvalue weighted by molar-refractivity contribution is -0.128. The summed E-state index contributed by atoms with van der Waals surface area (Å²) in [5.74, 6) is -1.06. The van der Waals surface area contributed by atoms with Gasteiger partial charge in [-0.25, -0.2) is 8.78 Å². The topological polar surface area (TPSA) is 76.7 Å². The lowest BCUT2D eigenvalue weighted by Gasteiger charge is -2.25. The van der Waals surface area contributed by atoms with Crippen LogP contribution in [0, 0.1) is 11.6 Å². The number of aryl methyl sites for hydroxylation is 1. The standard InChI is InChI=1S/C22H21ClF2N2O4/c1-13(27-21(28)12-30-16-4-5-17(23)18(25)11-16)8-9-26-22(29)20-6-2-14-10-15(24)3-7-19(14)31-20/h3-5,7,10-11,20H,1-2,6,8-9,12H2,(H,26,29)(H,27,28)/t20-/m0/s1. The number of ether oxygens (including phenoxy) is 2. The number of hydrogen-bond donors (Lipinski definition) is 2. The van der Waals surface area contributed by atoms with Crippen LogP contribution in [0.15, 0.2) is 48.7 Å². The van der Waals surface area contributed by atoms with E-state index in [1.54, 1.807) is 0 Å². The van der Waals surface area contributed by atoms with E-state index in [0.717, 1.165) is 11.6 Å². The number of rotatable bonds is 8. The first-order chi connectivity index (χ1) is 14.8. The van der Waals surface area contributed by atoms with Crippen LogP contribution < -0.4 is 20.1 Å². The van der Waals surface area contributed by atoms with Gasteiger partial charge in [0.15, 0.2) is 12.7 Å². The van der Waals surface area contributed by atoms with Gasteiger partial charge in [0, 0.05) is 24.7 Å². The van der Waals surface area contributed by atoms with Gasteiger partial charge in [-0.3, -0.25) is 9.59 Å². The minimum atomic E-state index is -0.658. The van der Waals surface area contributed by atoms with Gasteiger partial charge in [-0.15, -0.1) is 0 Å². The molecule has 0 spiro atoms. The Morgan fingerprint density at radius 2 is 2.03 bits per heavy atom. The molecule has 1 aliphatic rings. The maximum Gasteiger partial charge on any atom is 0.262 e. The molecule has 0 unspecified atom stereocenters. The molecule has 1 atom stereocenters. The normalized spacial score (nSPS) is 14.7. The monoisotopic (exact) mass is 450 g/mol. The Labute approximate surface area is 183 Å². The number of fused-ring (bicyclic) bond motifs is 1. The molecule has 0 fully saturated rings. The highest BCUT2D eigenvalue weighted by Crippen LogP contribution is 2.28. The van der Waals surface area contributed by atoms with Crippen molar-refractivity contribution in [1.82, 2.24) is 10.6 Å². The second-order valence-corrected chi connectivity index (χ2v) is 7.36. The summed E-state index contributed by atoms with van der Waals surface area (Å²) in [5.41, 5.74) is 1.13. The van der Waals surface area contributed by atoms with E-state index in [2.05, 4.69) is 17.2 Å². The largest absolute Gasteiger partial charge is 0.484 e. The van der Waals surface area contributed by atoms with Crippen LogP contribution in [0.5, 0.6) is 11.5 Å². The van der Waals surface area contributed by atoms with Crippen LogP contribution in [0.25, 0.3) is 0 Å². The molecule has 9 heteroatoms. The smallest absolute Gasteiger partial charge is 0.262 e. The van der Waals surface area contributed by atoms with Crippen LogP contribution >= 0.6 is 11.6 Å². The van der Waals surface area contributed by atoms with Gasteiger partial charge in [-0.2, -0.15) is 0 Å². The molecule has 0 aromatic heterocycles. The number of halogens is 3. The van der Waals surface area contributed by atoms with Crippen molar-refractivity contribution in [3.63, 3.8) is 0 Å². The third-order valence-electron chi connectivity index (χ3n) is 4.56. The molecule has 2 amide bonds. The third kappa shape index (κ3) is 6.42. The van der Waals surface area contributed by atoms with Crippen molar-refractivity contribution in [2.45, 2.75) is 25.4 Å². The van der Waals surface area contributed by atoms with Crippen LogP contribution in [0.2, 0.25) is 5.02 Å². The molecule has 31 heavy (non-hydrogen) atoms. The molecule has 164 valence electrons. The van der Waals surface area contributed by atoms with Crippen molar-refractivity contribution in [2.24, 2.45) is 0 Å². The van der Waals surface area contributed by atoms with E-state index in [-0.39, 0.29) is 35.6 Å². The van der Waals surface area contributed by atoms with Crippen molar-refractivity contribution < 1.29 is 27.8 Å². The molecule has 3 rings (SSSR count). The summed E-state index contributed by atoms with van der Waals surface area (Å²) in [6.45, 7) is 3.66. The Bertz CT molecular complexity index is 999. The molecular formula is C22H21ClF2N2O4. The zero-order valence-corrected chi connectivity index (χ0v) is 17.3. The summed E-state index contributed by atoms with van der Waals surface area (Å²) in [5, 5.41) is 5.25. The molecule has 2 aromatic carbocycles. The van der Waals surface area contributed by atoms with Crippen molar-refractivity contribution in [3.05, 3.63) is 70.9 Å². The Balaban J connectivity index is 1.35. The quantitative estimate of drug-likeness (QED) is 0.645. The van der Waals surface area contributed by atoms with Crippen molar-refractivity contribution in [3.8, 4) is 11.5 Å². The van der Waals surface area contributed by atoms with E-state index in [1.807, 2.05) is 0 Å². The zero-order chi connectivity index (χ0) is 22.4. The van der Waals surface area contributed by atoms with Crippen LogP contribution in [0.4, 0.5) is 8.78 Å². The Kier molecular flexibility index (Phi) is 7.46. The molecule has 0 radical (unpaired) electrons. The number of hydrogen-bond acceptors (Lipinski definition) is 4. The van der Waals surface area contributed by atoms with Crippen molar-refractivity contribution in [2.75, 3.05) is 13.2 Å². The minimum Gasteiger partial charge on any atom is -0.484 e. The molecular weight excluding hydrogens is 430 g/mol. The lowest BCUT2D eigenvalue weighted by atomic mass is 10.0.